The number of carboxylic acids is 1. The van der Waals surface area contributed by atoms with Crippen molar-refractivity contribution in [1.29, 1.82) is 0 Å². The second-order valence-electron chi connectivity index (χ2n) is 14.3. The van der Waals surface area contributed by atoms with Crippen molar-refractivity contribution in [2.75, 3.05) is 74.0 Å². The maximum atomic E-state index is 13.6. The van der Waals surface area contributed by atoms with Crippen LogP contribution in [-0.2, 0) is 47.7 Å². The smallest absolute Gasteiger partial charge is 0.542 e. The maximum Gasteiger partial charge on any atom is 1.00 e. The standard InChI is InChI=1S/C12H18F2N2O5.C10H14F2N2O5.C8H14N2O3.C4H5BrF2O2.Na/c1-3-20-10(17)12(13,14)21-16-8-4-5-9(7-19-2)15(6-8)11(16)18;1-18-5-7-3-2-6-4-13(7)9(17)14(6)19-10(11,12)8(15)16;1-13-5-7-3-2-6-4-9(7)8(11)10(6)12;1-2-9-3(8)4(5,6)7;/h8-9H,3-7H2,1-2H3;6-7H,2-5H2,1H3,(H,15,16);6-7,12H,2-5H2,1H3;2H2,1H3;/q;;;;+1/p-1/t8-,9+;2*6-,7+;;/m111../s1. The number of piperidine rings is 3. The molecule has 6 rings (SSSR count). The Hall–Kier alpha value is -2.96. The van der Waals surface area contributed by atoms with Gasteiger partial charge in [-0.2, -0.15) is 46.1 Å². The first-order valence-corrected chi connectivity index (χ1v) is 20.0. The van der Waals surface area contributed by atoms with E-state index in [1.807, 2.05) is 15.9 Å². The van der Waals surface area contributed by atoms with E-state index in [9.17, 15) is 65.4 Å². The fourth-order valence-electron chi connectivity index (χ4n) is 7.24. The van der Waals surface area contributed by atoms with Crippen LogP contribution in [0.1, 0.15) is 52.4 Å². The van der Waals surface area contributed by atoms with Gasteiger partial charge in [0.15, 0.2) is 0 Å². The number of urea groups is 3. The third-order valence-electron chi connectivity index (χ3n) is 10.1. The van der Waals surface area contributed by atoms with Gasteiger partial charge in [0.05, 0.1) is 69.3 Å². The molecule has 6 aliphatic heterocycles. The molecular formula is C34H50BrF6N6NaO15. The number of nitrogens with zero attached hydrogens (tertiary/aromatic N) is 6. The molecule has 21 nitrogen and oxygen atoms in total. The van der Waals surface area contributed by atoms with Gasteiger partial charge in [0, 0.05) is 56.9 Å². The molecule has 0 aromatic carbocycles. The summed E-state index contributed by atoms with van der Waals surface area (Å²) in [6.07, 6.45) is -4.75. The second-order valence-corrected chi connectivity index (χ2v) is 15.3. The van der Waals surface area contributed by atoms with E-state index in [0.29, 0.717) is 62.2 Å². The Labute approximate surface area is 388 Å². The minimum Gasteiger partial charge on any atom is -0.542 e. The number of hydrogen-bond donors (Lipinski definition) is 1. The van der Waals surface area contributed by atoms with Crippen LogP contribution >= 0.6 is 15.9 Å². The zero-order valence-electron chi connectivity index (χ0n) is 35.4. The van der Waals surface area contributed by atoms with Crippen LogP contribution < -0.4 is 34.7 Å². The summed E-state index contributed by atoms with van der Waals surface area (Å²) in [6, 6.07) is -3.02. The summed E-state index contributed by atoms with van der Waals surface area (Å²) < 4.78 is 99.8. The quantitative estimate of drug-likeness (QED) is 0.0682. The zero-order valence-corrected chi connectivity index (χ0v) is 38.9. The first kappa shape index (κ1) is 56.2. The van der Waals surface area contributed by atoms with Crippen molar-refractivity contribution in [3.8, 4) is 0 Å². The van der Waals surface area contributed by atoms with Crippen LogP contribution in [0.5, 0.6) is 0 Å². The Balaban J connectivity index is 0.000000300. The first-order valence-electron chi connectivity index (χ1n) is 19.2. The Morgan fingerprint density at radius 1 is 0.635 bits per heavy atom. The number of fused-ring (bicyclic) bond motifs is 6. The number of halogens is 7. The number of carbonyl (C=O) groups is 6. The molecule has 6 bridgehead atoms. The van der Waals surface area contributed by atoms with Gasteiger partial charge in [0.25, 0.3) is 0 Å². The molecule has 0 saturated carbocycles. The van der Waals surface area contributed by atoms with E-state index in [1.54, 1.807) is 12.0 Å². The number of carboxylic acid groups (broad SMARTS) is 1. The molecule has 6 saturated heterocycles. The van der Waals surface area contributed by atoms with E-state index >= 15 is 0 Å². The summed E-state index contributed by atoms with van der Waals surface area (Å²) in [4.78, 5) is 76.2. The minimum atomic E-state index is -4.52. The Morgan fingerprint density at radius 3 is 1.33 bits per heavy atom. The molecule has 1 N–H and O–H groups in total. The maximum absolute atomic E-state index is 13.6. The molecule has 356 valence electrons. The predicted octanol–water partition coefficient (Wildman–Crippen LogP) is -1.00. The minimum absolute atomic E-state index is 0. The van der Waals surface area contributed by atoms with Crippen molar-refractivity contribution in [2.45, 2.75) is 106 Å². The molecule has 6 atom stereocenters. The third-order valence-corrected chi connectivity index (χ3v) is 10.4. The van der Waals surface area contributed by atoms with E-state index in [2.05, 4.69) is 19.1 Å². The van der Waals surface area contributed by atoms with Gasteiger partial charge in [-0.1, -0.05) is 0 Å². The first-order chi connectivity index (χ1) is 29.0. The van der Waals surface area contributed by atoms with Crippen LogP contribution in [0.15, 0.2) is 0 Å². The van der Waals surface area contributed by atoms with Crippen molar-refractivity contribution >= 4 is 51.9 Å². The summed E-state index contributed by atoms with van der Waals surface area (Å²) >= 11 is 1.84. The summed E-state index contributed by atoms with van der Waals surface area (Å²) in [5.74, 6) is -6.03. The number of rotatable bonds is 15. The molecule has 6 aliphatic rings. The van der Waals surface area contributed by atoms with E-state index in [0.717, 1.165) is 17.9 Å². The number of ether oxygens (including phenoxy) is 5. The van der Waals surface area contributed by atoms with E-state index < -0.39 is 59.1 Å². The van der Waals surface area contributed by atoms with E-state index in [-0.39, 0.29) is 86.1 Å². The molecule has 6 heterocycles. The normalized spacial score (nSPS) is 25.0. The number of aliphatic carboxylic acids is 1. The molecule has 0 unspecified atom stereocenters. The van der Waals surface area contributed by atoms with E-state index in [1.165, 1.54) is 37.9 Å². The number of carbonyl (C=O) groups excluding carboxylic acids is 6. The molecule has 0 aromatic heterocycles. The van der Waals surface area contributed by atoms with Gasteiger partial charge in [0.2, 0.25) is 0 Å². The molecule has 63 heavy (non-hydrogen) atoms. The SMILES string of the molecule is CCOC(=O)C(F)(F)Br.CCOC(=O)C(F)(F)ON1C(=O)N2C[C@H]1CC[C@H]2COC.COC[C@@H]1CC[C@@H]2CN1C(=O)N2O.COC[C@@H]1CC[C@@H]2CN1C(=O)N2OC(F)(F)C(=O)[O-].[Na+]. The molecular weight excluding hydrogens is 949 g/mol. The Morgan fingerprint density at radius 2 is 0.984 bits per heavy atom. The van der Waals surface area contributed by atoms with Crippen molar-refractivity contribution in [3.05, 3.63) is 0 Å². The number of hydroxylamine groups is 6. The number of esters is 2. The molecule has 6 fully saturated rings. The van der Waals surface area contributed by atoms with Crippen molar-refractivity contribution in [2.24, 2.45) is 0 Å². The Kier molecular flexibility index (Phi) is 21.9. The average Bonchev–Trinajstić information content (AvgIpc) is 3.70. The molecule has 0 radical (unpaired) electrons. The summed E-state index contributed by atoms with van der Waals surface area (Å²) in [5, 5.41) is 21.5. The number of hydrogen-bond acceptors (Lipinski definition) is 15. The predicted molar refractivity (Wildman–Crippen MR) is 194 cm³/mol. The van der Waals surface area contributed by atoms with Crippen molar-refractivity contribution in [1.82, 2.24) is 29.9 Å². The fraction of sp³-hybridized carbons (Fsp3) is 0.824. The number of alkyl halides is 7. The van der Waals surface area contributed by atoms with E-state index in [4.69, 9.17) is 14.2 Å². The van der Waals surface area contributed by atoms with Gasteiger partial charge in [-0.25, -0.2) is 29.0 Å². The van der Waals surface area contributed by atoms with Crippen LogP contribution in [0.4, 0.5) is 40.7 Å². The summed E-state index contributed by atoms with van der Waals surface area (Å²) in [6.45, 7) is 4.96. The van der Waals surface area contributed by atoms with Crippen LogP contribution in [0.25, 0.3) is 0 Å². The Bertz CT molecular complexity index is 1580. The van der Waals surface area contributed by atoms with Crippen LogP contribution in [0.3, 0.4) is 0 Å². The summed E-state index contributed by atoms with van der Waals surface area (Å²) in [5.41, 5.74) is 0. The van der Waals surface area contributed by atoms with Crippen molar-refractivity contribution < 1.29 is 128 Å². The zero-order chi connectivity index (χ0) is 46.7. The number of methoxy groups -OCH3 is 3. The van der Waals surface area contributed by atoms with Gasteiger partial charge in [0.1, 0.15) is 5.97 Å². The van der Waals surface area contributed by atoms with Gasteiger partial charge in [-0.15, -0.1) is 0 Å². The monoisotopic (exact) mass is 998 g/mol. The fourth-order valence-corrected chi connectivity index (χ4v) is 7.35. The average molecular weight is 1000 g/mol. The molecule has 6 amide bonds. The second kappa shape index (κ2) is 24.5. The molecule has 0 aromatic rings. The van der Waals surface area contributed by atoms with Crippen molar-refractivity contribution in [3.63, 3.8) is 0 Å². The van der Waals surface area contributed by atoms with Gasteiger partial charge in [-0.05, 0) is 52.4 Å². The van der Waals surface area contributed by atoms with Gasteiger partial charge >= 0.3 is 76.6 Å². The topological polar surface area (TPSA) is 230 Å². The van der Waals surface area contributed by atoms with Crippen LogP contribution in [0, 0.1) is 0 Å². The summed E-state index contributed by atoms with van der Waals surface area (Å²) in [7, 11) is 4.62. The van der Waals surface area contributed by atoms with Gasteiger partial charge < -0.3 is 48.3 Å². The third kappa shape index (κ3) is 14.5. The molecule has 0 spiro atoms. The molecule has 29 heteroatoms. The number of amides is 6. The van der Waals surface area contributed by atoms with Crippen LogP contribution in [-0.4, -0.2) is 198 Å². The van der Waals surface area contributed by atoms with Gasteiger partial charge in [-0.3, -0.25) is 5.21 Å². The van der Waals surface area contributed by atoms with Crippen LogP contribution in [0.2, 0.25) is 0 Å². The largest absolute Gasteiger partial charge is 1.00 e. The molecule has 0 aliphatic carbocycles.